The molecule has 3 nitrogen and oxygen atoms in total. The fourth-order valence-corrected chi connectivity index (χ4v) is 8.04. The van der Waals surface area contributed by atoms with Crippen LogP contribution in [0.4, 0.5) is 0 Å². The van der Waals surface area contributed by atoms with E-state index in [9.17, 15) is 4.79 Å². The lowest BCUT2D eigenvalue weighted by molar-refractivity contribution is -0.129. The fraction of sp³-hybridized carbons (Fsp3) is 0.646. The van der Waals surface area contributed by atoms with Gasteiger partial charge in [-0.05, 0) is 144 Å². The minimum atomic E-state index is -0.349. The van der Waals surface area contributed by atoms with Crippen molar-refractivity contribution in [2.45, 2.75) is 179 Å². The number of ether oxygens (including phenoxy) is 2. The molecular weight excluding hydrogens is 625 g/mol. The Morgan fingerprint density at radius 1 is 0.843 bits per heavy atom. The average Bonchev–Trinajstić information content (AvgIpc) is 3.03. The summed E-state index contributed by atoms with van der Waals surface area (Å²) < 4.78 is 12.7. The van der Waals surface area contributed by atoms with E-state index in [1.165, 1.54) is 87.3 Å². The van der Waals surface area contributed by atoms with E-state index in [0.29, 0.717) is 5.75 Å². The zero-order valence-corrected chi connectivity index (χ0v) is 34.9. The van der Waals surface area contributed by atoms with Crippen molar-refractivity contribution in [3.05, 3.63) is 81.5 Å². The predicted molar refractivity (Wildman–Crippen MR) is 220 cm³/mol. The number of hydrogen-bond acceptors (Lipinski definition) is 3. The number of benzene rings is 1. The van der Waals surface area contributed by atoms with Crippen molar-refractivity contribution in [3.8, 4) is 11.5 Å². The smallest absolute Gasteiger partial charge is 0.336 e. The molecule has 0 saturated carbocycles. The largest absolute Gasteiger partial charge is 0.487 e. The van der Waals surface area contributed by atoms with E-state index in [2.05, 4.69) is 87.5 Å². The van der Waals surface area contributed by atoms with Gasteiger partial charge < -0.3 is 9.47 Å². The highest BCUT2D eigenvalue weighted by Gasteiger charge is 2.33. The van der Waals surface area contributed by atoms with Crippen molar-refractivity contribution < 1.29 is 14.3 Å². The van der Waals surface area contributed by atoms with Crippen molar-refractivity contribution in [2.24, 2.45) is 23.2 Å². The van der Waals surface area contributed by atoms with Gasteiger partial charge in [-0.25, -0.2) is 4.79 Å². The van der Waals surface area contributed by atoms with Gasteiger partial charge in [0, 0.05) is 6.08 Å². The second kappa shape index (κ2) is 19.9. The van der Waals surface area contributed by atoms with E-state index in [4.69, 9.17) is 9.47 Å². The average molecular weight is 699 g/mol. The molecule has 1 aliphatic heterocycles. The van der Waals surface area contributed by atoms with Crippen LogP contribution in [0.2, 0.25) is 0 Å². The first kappa shape index (κ1) is 42.6. The SMILES string of the molecule is CC1=C(/C=C/C(C)=C/C=C/C(C)=C/C(=O)Oc2cc3c(c(C)c2C)O[C@](C)(CCC[C@H](C)CCC[C@H](C)CCCC(C)C)CC3)C(C)(C)CCC1. The number of carbonyl (C=O) groups excluding carboxylic acids is 1. The lowest BCUT2D eigenvalue weighted by atomic mass is 9.72. The molecule has 0 fully saturated rings. The topological polar surface area (TPSA) is 35.5 Å². The summed E-state index contributed by atoms with van der Waals surface area (Å²) in [6, 6.07) is 2.03. The molecule has 2 aliphatic rings. The number of allylic oxidation sites excluding steroid dienone is 9. The summed E-state index contributed by atoms with van der Waals surface area (Å²) in [6.45, 7) is 27.0. The van der Waals surface area contributed by atoms with Gasteiger partial charge in [-0.2, -0.15) is 0 Å². The molecule has 1 heterocycles. The van der Waals surface area contributed by atoms with Crippen molar-refractivity contribution in [3.63, 3.8) is 0 Å². The number of carbonyl (C=O) groups is 1. The van der Waals surface area contributed by atoms with Gasteiger partial charge in [0.05, 0.1) is 0 Å². The van der Waals surface area contributed by atoms with Crippen molar-refractivity contribution in [2.75, 3.05) is 0 Å². The Balaban J connectivity index is 1.50. The molecule has 0 spiro atoms. The van der Waals surface area contributed by atoms with Gasteiger partial charge in [-0.3, -0.25) is 0 Å². The molecule has 0 amide bonds. The molecule has 0 aromatic heterocycles. The minimum absolute atomic E-state index is 0.148. The van der Waals surface area contributed by atoms with Gasteiger partial charge in [-0.1, -0.05) is 128 Å². The molecule has 0 N–H and O–H groups in total. The van der Waals surface area contributed by atoms with Crippen molar-refractivity contribution in [1.82, 2.24) is 0 Å². The van der Waals surface area contributed by atoms with Gasteiger partial charge in [-0.15, -0.1) is 0 Å². The molecule has 1 aromatic rings. The van der Waals surface area contributed by atoms with Crippen LogP contribution in [0.25, 0.3) is 0 Å². The highest BCUT2D eigenvalue weighted by Crippen LogP contribution is 2.43. The van der Waals surface area contributed by atoms with E-state index in [1.807, 2.05) is 32.1 Å². The van der Waals surface area contributed by atoms with Crippen LogP contribution in [-0.2, 0) is 11.2 Å². The highest BCUT2D eigenvalue weighted by molar-refractivity contribution is 5.85. The van der Waals surface area contributed by atoms with Crippen molar-refractivity contribution in [1.29, 1.82) is 0 Å². The van der Waals surface area contributed by atoms with Gasteiger partial charge in [0.1, 0.15) is 17.1 Å². The molecule has 51 heavy (non-hydrogen) atoms. The number of aryl methyl sites for hydroxylation is 1. The third kappa shape index (κ3) is 13.9. The van der Waals surface area contributed by atoms with Crippen molar-refractivity contribution >= 4 is 5.97 Å². The summed E-state index contributed by atoms with van der Waals surface area (Å²) in [4.78, 5) is 13.0. The highest BCUT2D eigenvalue weighted by atomic mass is 16.5. The number of rotatable bonds is 18. The van der Waals surface area contributed by atoms with Crippen LogP contribution in [-0.4, -0.2) is 11.6 Å². The van der Waals surface area contributed by atoms with Crippen LogP contribution in [0.15, 0.2) is 64.8 Å². The molecular formula is C48H74O3. The van der Waals surface area contributed by atoms with Crippen LogP contribution < -0.4 is 9.47 Å². The Hall–Kier alpha value is -2.81. The van der Waals surface area contributed by atoms with Gasteiger partial charge >= 0.3 is 5.97 Å². The first-order valence-corrected chi connectivity index (χ1v) is 20.4. The van der Waals surface area contributed by atoms with E-state index in [1.54, 1.807) is 6.08 Å². The Morgan fingerprint density at radius 2 is 1.49 bits per heavy atom. The lowest BCUT2D eigenvalue weighted by Gasteiger charge is -2.37. The van der Waals surface area contributed by atoms with E-state index in [-0.39, 0.29) is 17.0 Å². The molecule has 1 aliphatic carbocycles. The molecule has 0 saturated heterocycles. The van der Waals surface area contributed by atoms with Crippen LogP contribution in [0, 0.1) is 37.0 Å². The van der Waals surface area contributed by atoms with Crippen LogP contribution >= 0.6 is 0 Å². The fourth-order valence-electron chi connectivity index (χ4n) is 8.04. The summed E-state index contributed by atoms with van der Waals surface area (Å²) in [5.74, 6) is 3.73. The standard InChI is InChI=1S/C48H74O3/c1-34(2)18-13-19-35(3)20-14-21-36(4)24-16-30-48(12)31-28-42-33-44(40(8)41(9)46(42)51-48)50-45(49)32-38(6)23-15-22-37(5)26-27-43-39(7)25-17-29-47(43,10)11/h15,22-23,26-27,32-36H,13-14,16-21,24-25,28-31H2,1-12H3/b23-15+,27-26+,37-22+,38-32+/t35-,36-,48-/m1/s1. The van der Waals surface area contributed by atoms with Gasteiger partial charge in [0.15, 0.2) is 0 Å². The zero-order chi connectivity index (χ0) is 37.8. The molecule has 0 bridgehead atoms. The Bertz CT molecular complexity index is 1460. The Morgan fingerprint density at radius 3 is 2.14 bits per heavy atom. The third-order valence-corrected chi connectivity index (χ3v) is 11.7. The maximum Gasteiger partial charge on any atom is 0.336 e. The second-order valence-electron chi connectivity index (χ2n) is 17.9. The molecule has 3 atom stereocenters. The molecule has 284 valence electrons. The van der Waals surface area contributed by atoms with E-state index in [0.717, 1.165) is 65.0 Å². The second-order valence-corrected chi connectivity index (χ2v) is 17.9. The maximum absolute atomic E-state index is 13.0. The zero-order valence-electron chi connectivity index (χ0n) is 34.9. The summed E-state index contributed by atoms with van der Waals surface area (Å²) in [7, 11) is 0. The first-order chi connectivity index (χ1) is 24.0. The molecule has 3 rings (SSSR count). The Labute approximate surface area is 314 Å². The van der Waals surface area contributed by atoms with E-state index < -0.39 is 0 Å². The minimum Gasteiger partial charge on any atom is -0.487 e. The Kier molecular flexibility index (Phi) is 16.6. The third-order valence-electron chi connectivity index (χ3n) is 11.7. The number of esters is 1. The molecule has 0 unspecified atom stereocenters. The van der Waals surface area contributed by atoms with Gasteiger partial charge in [0.2, 0.25) is 0 Å². The summed E-state index contributed by atoms with van der Waals surface area (Å²) in [6.07, 6.45) is 29.5. The molecule has 3 heteroatoms. The first-order valence-electron chi connectivity index (χ1n) is 20.4. The lowest BCUT2D eigenvalue weighted by Crippen LogP contribution is -2.36. The monoisotopic (exact) mass is 699 g/mol. The summed E-state index contributed by atoms with van der Waals surface area (Å²) in [5, 5.41) is 0. The van der Waals surface area contributed by atoms with Gasteiger partial charge in [0.25, 0.3) is 0 Å². The van der Waals surface area contributed by atoms with Crippen LogP contribution in [0.5, 0.6) is 11.5 Å². The van der Waals surface area contributed by atoms with Crippen LogP contribution in [0.1, 0.15) is 169 Å². The summed E-state index contributed by atoms with van der Waals surface area (Å²) >= 11 is 0. The predicted octanol–water partition coefficient (Wildman–Crippen LogP) is 14.3. The quantitative estimate of drug-likeness (QED) is 0.0662. The normalized spacial score (nSPS) is 21.0. The molecule has 1 aromatic carbocycles. The van der Waals surface area contributed by atoms with Crippen LogP contribution in [0.3, 0.4) is 0 Å². The maximum atomic E-state index is 13.0. The van der Waals surface area contributed by atoms with E-state index >= 15 is 0 Å². The molecule has 0 radical (unpaired) electrons. The summed E-state index contributed by atoms with van der Waals surface area (Å²) in [5.41, 5.74) is 8.29. The number of hydrogen-bond donors (Lipinski definition) is 0. The number of fused-ring (bicyclic) bond motifs is 1.